The van der Waals surface area contributed by atoms with Gasteiger partial charge in [0.25, 0.3) is 0 Å². The average molecular weight is 257 g/mol. The van der Waals surface area contributed by atoms with Crippen molar-refractivity contribution in [3.63, 3.8) is 0 Å². The minimum absolute atomic E-state index is 0.479. The fraction of sp³-hybridized carbons (Fsp3) is 0.333. The highest BCUT2D eigenvalue weighted by Gasteiger charge is 2.10. The maximum absolute atomic E-state index is 5.87. The summed E-state index contributed by atoms with van der Waals surface area (Å²) in [6, 6.07) is 8.00. The Balaban J connectivity index is 2.28. The van der Waals surface area contributed by atoms with Gasteiger partial charge in [0.15, 0.2) is 0 Å². The molecule has 0 fully saturated rings. The third-order valence-electron chi connectivity index (χ3n) is 3.05. The van der Waals surface area contributed by atoms with Crippen LogP contribution in [0.15, 0.2) is 24.3 Å². The van der Waals surface area contributed by atoms with Crippen molar-refractivity contribution in [1.82, 2.24) is 9.97 Å². The third kappa shape index (κ3) is 3.02. The van der Waals surface area contributed by atoms with Crippen molar-refractivity contribution in [3.8, 4) is 11.6 Å². The van der Waals surface area contributed by atoms with Crippen molar-refractivity contribution < 1.29 is 4.74 Å². The van der Waals surface area contributed by atoms with Crippen molar-refractivity contribution in [1.29, 1.82) is 0 Å². The van der Waals surface area contributed by atoms with E-state index in [1.807, 2.05) is 26.0 Å². The number of aromatic nitrogens is 2. The van der Waals surface area contributed by atoms with Crippen LogP contribution in [-0.4, -0.2) is 9.97 Å². The van der Waals surface area contributed by atoms with E-state index in [1.165, 1.54) is 5.56 Å². The van der Waals surface area contributed by atoms with Gasteiger partial charge in [-0.3, -0.25) is 0 Å². The summed E-state index contributed by atoms with van der Waals surface area (Å²) < 4.78 is 5.80. The fourth-order valence-electron chi connectivity index (χ4n) is 1.72. The van der Waals surface area contributed by atoms with Crippen LogP contribution in [0.2, 0.25) is 0 Å². The Hall–Kier alpha value is -2.10. The normalized spacial score (nSPS) is 10.5. The van der Waals surface area contributed by atoms with Crippen LogP contribution in [0.5, 0.6) is 11.6 Å². The van der Waals surface area contributed by atoms with Gasteiger partial charge >= 0.3 is 0 Å². The van der Waals surface area contributed by atoms with Gasteiger partial charge in [-0.25, -0.2) is 4.98 Å². The van der Waals surface area contributed by atoms with Gasteiger partial charge < -0.3 is 10.5 Å². The molecule has 1 aromatic carbocycles. The largest absolute Gasteiger partial charge is 0.439 e. The second-order valence-electron chi connectivity index (χ2n) is 4.41. The SMILES string of the molecule is CCc1ccc(Oc2nc(CC)nc(N)c2C)cc1. The molecule has 100 valence electrons. The molecule has 4 heteroatoms. The summed E-state index contributed by atoms with van der Waals surface area (Å²) in [5, 5.41) is 0. The molecular weight excluding hydrogens is 238 g/mol. The first kappa shape index (κ1) is 13.3. The number of benzene rings is 1. The molecule has 0 atom stereocenters. The van der Waals surface area contributed by atoms with Crippen LogP contribution in [0.1, 0.15) is 30.8 Å². The molecule has 2 aromatic rings. The van der Waals surface area contributed by atoms with Gasteiger partial charge in [0.05, 0.1) is 5.56 Å². The van der Waals surface area contributed by atoms with Crippen LogP contribution in [-0.2, 0) is 12.8 Å². The summed E-state index contributed by atoms with van der Waals surface area (Å²) in [5.74, 6) is 2.48. The van der Waals surface area contributed by atoms with Crippen LogP contribution in [0.3, 0.4) is 0 Å². The van der Waals surface area contributed by atoms with E-state index >= 15 is 0 Å². The molecule has 0 amide bonds. The molecular formula is C15H19N3O. The Morgan fingerprint density at radius 1 is 1.05 bits per heavy atom. The number of nitrogens with two attached hydrogens (primary N) is 1. The van der Waals surface area contributed by atoms with E-state index in [4.69, 9.17) is 10.5 Å². The zero-order valence-corrected chi connectivity index (χ0v) is 11.6. The minimum atomic E-state index is 0.479. The molecule has 19 heavy (non-hydrogen) atoms. The van der Waals surface area contributed by atoms with Gasteiger partial charge in [-0.15, -0.1) is 0 Å². The molecule has 1 heterocycles. The summed E-state index contributed by atoms with van der Waals surface area (Å²) in [7, 11) is 0. The summed E-state index contributed by atoms with van der Waals surface area (Å²) in [4.78, 5) is 8.58. The van der Waals surface area contributed by atoms with Crippen LogP contribution in [0.4, 0.5) is 5.82 Å². The average Bonchev–Trinajstić information content (AvgIpc) is 2.44. The molecule has 2 N–H and O–H groups in total. The van der Waals surface area contributed by atoms with E-state index in [0.29, 0.717) is 17.5 Å². The maximum Gasteiger partial charge on any atom is 0.227 e. The number of rotatable bonds is 4. The molecule has 0 aliphatic heterocycles. The van der Waals surface area contributed by atoms with Crippen molar-refractivity contribution in [2.24, 2.45) is 0 Å². The molecule has 0 aliphatic carbocycles. The summed E-state index contributed by atoms with van der Waals surface area (Å²) in [6.07, 6.45) is 1.75. The van der Waals surface area contributed by atoms with Gasteiger partial charge in [0.1, 0.15) is 17.4 Å². The molecule has 0 bridgehead atoms. The van der Waals surface area contributed by atoms with Gasteiger partial charge in [0.2, 0.25) is 5.88 Å². The van der Waals surface area contributed by atoms with Crippen LogP contribution in [0, 0.1) is 6.92 Å². The van der Waals surface area contributed by atoms with Crippen molar-refractivity contribution in [3.05, 3.63) is 41.2 Å². The van der Waals surface area contributed by atoms with Gasteiger partial charge in [-0.05, 0) is 31.0 Å². The monoisotopic (exact) mass is 257 g/mol. The number of anilines is 1. The number of nitrogen functional groups attached to an aromatic ring is 1. The zero-order chi connectivity index (χ0) is 13.8. The Morgan fingerprint density at radius 3 is 2.32 bits per heavy atom. The molecule has 0 spiro atoms. The first-order chi connectivity index (χ1) is 9.13. The number of nitrogens with zero attached hydrogens (tertiary/aromatic N) is 2. The lowest BCUT2D eigenvalue weighted by Crippen LogP contribution is -2.04. The Kier molecular flexibility index (Phi) is 4.00. The quantitative estimate of drug-likeness (QED) is 0.913. The molecule has 2 rings (SSSR count). The lowest BCUT2D eigenvalue weighted by molar-refractivity contribution is 0.455. The highest BCUT2D eigenvalue weighted by molar-refractivity contribution is 5.46. The highest BCUT2D eigenvalue weighted by Crippen LogP contribution is 2.26. The second kappa shape index (κ2) is 5.69. The van der Waals surface area contributed by atoms with Crippen LogP contribution >= 0.6 is 0 Å². The predicted octanol–water partition coefficient (Wildman–Crippen LogP) is 3.28. The second-order valence-corrected chi connectivity index (χ2v) is 4.41. The van der Waals surface area contributed by atoms with E-state index in [2.05, 4.69) is 29.0 Å². The summed E-state index contributed by atoms with van der Waals surface area (Å²) >= 11 is 0. The third-order valence-corrected chi connectivity index (χ3v) is 3.05. The van der Waals surface area contributed by atoms with Gasteiger partial charge in [-0.2, -0.15) is 4.98 Å². The van der Waals surface area contributed by atoms with E-state index in [9.17, 15) is 0 Å². The van der Waals surface area contributed by atoms with Gasteiger partial charge in [0, 0.05) is 6.42 Å². The maximum atomic E-state index is 5.87. The summed E-state index contributed by atoms with van der Waals surface area (Å²) in [6.45, 7) is 5.98. The Labute approximate surface area is 113 Å². The first-order valence-electron chi connectivity index (χ1n) is 6.53. The standard InChI is InChI=1S/C15H19N3O/c1-4-11-6-8-12(9-7-11)19-15-10(3)14(16)17-13(5-2)18-15/h6-9H,4-5H2,1-3H3,(H2,16,17,18). The highest BCUT2D eigenvalue weighted by atomic mass is 16.5. The molecule has 4 nitrogen and oxygen atoms in total. The van der Waals surface area contributed by atoms with Crippen molar-refractivity contribution in [2.45, 2.75) is 33.6 Å². The number of hydrogen-bond acceptors (Lipinski definition) is 4. The molecule has 0 unspecified atom stereocenters. The Bertz CT molecular complexity index is 564. The van der Waals surface area contributed by atoms with Gasteiger partial charge in [-0.1, -0.05) is 26.0 Å². The number of aryl methyl sites for hydroxylation is 2. The van der Waals surface area contributed by atoms with Crippen LogP contribution in [0.25, 0.3) is 0 Å². The lowest BCUT2D eigenvalue weighted by Gasteiger charge is -2.10. The van der Waals surface area contributed by atoms with Crippen LogP contribution < -0.4 is 10.5 Å². The smallest absolute Gasteiger partial charge is 0.227 e. The zero-order valence-electron chi connectivity index (χ0n) is 11.6. The topological polar surface area (TPSA) is 61.0 Å². The first-order valence-corrected chi connectivity index (χ1v) is 6.53. The minimum Gasteiger partial charge on any atom is -0.439 e. The predicted molar refractivity (Wildman–Crippen MR) is 76.5 cm³/mol. The molecule has 0 saturated carbocycles. The summed E-state index contributed by atoms with van der Waals surface area (Å²) in [5.41, 5.74) is 7.92. The molecule has 1 aromatic heterocycles. The van der Waals surface area contributed by atoms with Crippen molar-refractivity contribution >= 4 is 5.82 Å². The molecule has 0 saturated heterocycles. The van der Waals surface area contributed by atoms with E-state index < -0.39 is 0 Å². The lowest BCUT2D eigenvalue weighted by atomic mass is 10.2. The molecule has 0 aliphatic rings. The number of hydrogen-bond donors (Lipinski definition) is 1. The number of ether oxygens (including phenoxy) is 1. The van der Waals surface area contributed by atoms with Crippen molar-refractivity contribution in [2.75, 3.05) is 5.73 Å². The Morgan fingerprint density at radius 2 is 1.74 bits per heavy atom. The molecule has 0 radical (unpaired) electrons. The van der Waals surface area contributed by atoms with E-state index in [0.717, 1.165) is 24.2 Å². The van der Waals surface area contributed by atoms with E-state index in [1.54, 1.807) is 0 Å². The van der Waals surface area contributed by atoms with E-state index in [-0.39, 0.29) is 0 Å². The fourth-order valence-corrected chi connectivity index (χ4v) is 1.72.